The van der Waals surface area contributed by atoms with Crippen molar-refractivity contribution in [2.45, 2.75) is 26.2 Å². The topological polar surface area (TPSA) is 46.6 Å². The van der Waals surface area contributed by atoms with E-state index in [4.69, 9.17) is 16.3 Å². The van der Waals surface area contributed by atoms with Crippen LogP contribution in [0.2, 0.25) is 5.02 Å². The summed E-state index contributed by atoms with van der Waals surface area (Å²) in [6.07, 6.45) is 3.27. The zero-order chi connectivity index (χ0) is 14.5. The maximum absolute atomic E-state index is 12.0. The van der Waals surface area contributed by atoms with Crippen LogP contribution in [0.15, 0.2) is 18.2 Å². The quantitative estimate of drug-likeness (QED) is 0.802. The Kier molecular flexibility index (Phi) is 5.01. The molecule has 1 aliphatic heterocycles. The van der Waals surface area contributed by atoms with Gasteiger partial charge in [0.15, 0.2) is 12.4 Å². The van der Waals surface area contributed by atoms with Crippen molar-refractivity contribution in [1.29, 1.82) is 0 Å². The van der Waals surface area contributed by atoms with Gasteiger partial charge in [0.05, 0.1) is 5.56 Å². The molecule has 1 amide bonds. The molecule has 0 radical (unpaired) electrons. The van der Waals surface area contributed by atoms with Crippen molar-refractivity contribution in [3.8, 4) is 5.75 Å². The summed E-state index contributed by atoms with van der Waals surface area (Å²) in [5.41, 5.74) is 0.406. The highest BCUT2D eigenvalue weighted by Crippen LogP contribution is 2.23. The Morgan fingerprint density at radius 3 is 2.60 bits per heavy atom. The maximum atomic E-state index is 12.0. The standard InChI is InChI=1S/C15H18ClNO3/c1-11(18)13-9-12(16)5-6-14(13)20-10-15(19)17-7-3-2-4-8-17/h5-6,9H,2-4,7-8,10H2,1H3. The summed E-state index contributed by atoms with van der Waals surface area (Å²) >= 11 is 5.86. The molecular weight excluding hydrogens is 278 g/mol. The molecule has 0 N–H and O–H groups in total. The van der Waals surface area contributed by atoms with Gasteiger partial charge in [0, 0.05) is 18.1 Å². The SMILES string of the molecule is CC(=O)c1cc(Cl)ccc1OCC(=O)N1CCCCC1. The molecule has 0 aromatic heterocycles. The Morgan fingerprint density at radius 1 is 1.25 bits per heavy atom. The number of amides is 1. The number of ketones is 1. The smallest absolute Gasteiger partial charge is 0.260 e. The zero-order valence-electron chi connectivity index (χ0n) is 11.5. The number of benzene rings is 1. The molecular formula is C15H18ClNO3. The molecule has 0 spiro atoms. The fraction of sp³-hybridized carbons (Fsp3) is 0.467. The molecule has 20 heavy (non-hydrogen) atoms. The summed E-state index contributed by atoms with van der Waals surface area (Å²) in [5, 5.41) is 0.477. The first kappa shape index (κ1) is 14.9. The van der Waals surface area contributed by atoms with Gasteiger partial charge in [-0.2, -0.15) is 0 Å². The third kappa shape index (κ3) is 3.73. The maximum Gasteiger partial charge on any atom is 0.260 e. The fourth-order valence-corrected chi connectivity index (χ4v) is 2.45. The van der Waals surface area contributed by atoms with Gasteiger partial charge in [-0.25, -0.2) is 0 Å². The van der Waals surface area contributed by atoms with E-state index in [0.29, 0.717) is 16.3 Å². The minimum Gasteiger partial charge on any atom is -0.483 e. The van der Waals surface area contributed by atoms with Crippen LogP contribution in [-0.4, -0.2) is 36.3 Å². The van der Waals surface area contributed by atoms with E-state index < -0.39 is 0 Å². The van der Waals surface area contributed by atoms with Gasteiger partial charge < -0.3 is 9.64 Å². The van der Waals surface area contributed by atoms with Crippen LogP contribution in [0.1, 0.15) is 36.5 Å². The second-order valence-corrected chi connectivity index (χ2v) is 5.36. The Morgan fingerprint density at radius 2 is 1.95 bits per heavy atom. The summed E-state index contributed by atoms with van der Waals surface area (Å²) in [5.74, 6) is 0.245. The minimum atomic E-state index is -0.132. The van der Waals surface area contributed by atoms with Crippen LogP contribution in [0.25, 0.3) is 0 Å². The van der Waals surface area contributed by atoms with Crippen molar-refractivity contribution in [3.05, 3.63) is 28.8 Å². The zero-order valence-corrected chi connectivity index (χ0v) is 12.3. The third-order valence-corrected chi connectivity index (χ3v) is 3.62. The average Bonchev–Trinajstić information content (AvgIpc) is 2.46. The number of piperidine rings is 1. The van der Waals surface area contributed by atoms with Crippen molar-refractivity contribution >= 4 is 23.3 Å². The van der Waals surface area contributed by atoms with E-state index in [1.165, 1.54) is 13.3 Å². The first-order valence-corrected chi connectivity index (χ1v) is 7.17. The number of nitrogens with zero attached hydrogens (tertiary/aromatic N) is 1. The fourth-order valence-electron chi connectivity index (χ4n) is 2.28. The van der Waals surface area contributed by atoms with Crippen LogP contribution in [0.3, 0.4) is 0 Å². The van der Waals surface area contributed by atoms with Crippen LogP contribution < -0.4 is 4.74 Å². The predicted octanol–water partition coefficient (Wildman–Crippen LogP) is 2.93. The molecule has 1 fully saturated rings. The number of halogens is 1. The van der Waals surface area contributed by atoms with Gasteiger partial charge in [-0.15, -0.1) is 0 Å². The van der Waals surface area contributed by atoms with E-state index in [9.17, 15) is 9.59 Å². The van der Waals surface area contributed by atoms with Gasteiger partial charge in [-0.1, -0.05) is 11.6 Å². The summed E-state index contributed by atoms with van der Waals surface area (Å²) in [6, 6.07) is 4.84. The molecule has 1 aliphatic rings. The average molecular weight is 296 g/mol. The van der Waals surface area contributed by atoms with Crippen molar-refractivity contribution in [2.24, 2.45) is 0 Å². The Balaban J connectivity index is 1.99. The van der Waals surface area contributed by atoms with Crippen LogP contribution in [0.4, 0.5) is 0 Å². The molecule has 2 rings (SSSR count). The monoisotopic (exact) mass is 295 g/mol. The lowest BCUT2D eigenvalue weighted by Gasteiger charge is -2.26. The molecule has 1 saturated heterocycles. The Labute approximate surface area is 123 Å². The van der Waals surface area contributed by atoms with Crippen LogP contribution >= 0.6 is 11.6 Å². The molecule has 4 nitrogen and oxygen atoms in total. The number of hydrogen-bond donors (Lipinski definition) is 0. The van der Waals surface area contributed by atoms with E-state index in [0.717, 1.165) is 25.9 Å². The highest BCUT2D eigenvalue weighted by molar-refractivity contribution is 6.31. The summed E-state index contributed by atoms with van der Waals surface area (Å²) in [6.45, 7) is 3.00. The van der Waals surface area contributed by atoms with Crippen molar-refractivity contribution in [2.75, 3.05) is 19.7 Å². The third-order valence-electron chi connectivity index (χ3n) is 3.38. The van der Waals surface area contributed by atoms with E-state index in [-0.39, 0.29) is 18.3 Å². The lowest BCUT2D eigenvalue weighted by molar-refractivity contribution is -0.134. The second kappa shape index (κ2) is 6.75. The highest BCUT2D eigenvalue weighted by Gasteiger charge is 2.18. The number of ether oxygens (including phenoxy) is 1. The lowest BCUT2D eigenvalue weighted by atomic mass is 10.1. The number of Topliss-reactive ketones (excluding diaryl/α,β-unsaturated/α-hetero) is 1. The van der Waals surface area contributed by atoms with E-state index in [1.54, 1.807) is 18.2 Å². The van der Waals surface area contributed by atoms with Gasteiger partial charge >= 0.3 is 0 Å². The number of hydrogen-bond acceptors (Lipinski definition) is 3. The highest BCUT2D eigenvalue weighted by atomic mass is 35.5. The molecule has 5 heteroatoms. The van der Waals surface area contributed by atoms with E-state index >= 15 is 0 Å². The van der Waals surface area contributed by atoms with Gasteiger partial charge in [-0.05, 0) is 44.4 Å². The Bertz CT molecular complexity index is 510. The first-order valence-electron chi connectivity index (χ1n) is 6.79. The number of carbonyl (C=O) groups is 2. The number of rotatable bonds is 4. The molecule has 1 aromatic carbocycles. The predicted molar refractivity (Wildman–Crippen MR) is 77.4 cm³/mol. The van der Waals surface area contributed by atoms with Crippen molar-refractivity contribution < 1.29 is 14.3 Å². The van der Waals surface area contributed by atoms with E-state index in [1.807, 2.05) is 4.90 Å². The molecule has 0 bridgehead atoms. The van der Waals surface area contributed by atoms with E-state index in [2.05, 4.69) is 0 Å². The van der Waals surface area contributed by atoms with Gasteiger partial charge in [0.25, 0.3) is 5.91 Å². The van der Waals surface area contributed by atoms with Crippen molar-refractivity contribution in [3.63, 3.8) is 0 Å². The summed E-state index contributed by atoms with van der Waals surface area (Å²) < 4.78 is 5.50. The van der Waals surface area contributed by atoms with Crippen LogP contribution in [0, 0.1) is 0 Å². The summed E-state index contributed by atoms with van der Waals surface area (Å²) in [4.78, 5) is 25.4. The first-order chi connectivity index (χ1) is 9.58. The molecule has 0 atom stereocenters. The van der Waals surface area contributed by atoms with Gasteiger partial charge in [0.2, 0.25) is 0 Å². The second-order valence-electron chi connectivity index (χ2n) is 4.93. The molecule has 0 saturated carbocycles. The van der Waals surface area contributed by atoms with Crippen LogP contribution in [0.5, 0.6) is 5.75 Å². The number of likely N-dealkylation sites (tertiary alicyclic amines) is 1. The van der Waals surface area contributed by atoms with Gasteiger partial charge in [-0.3, -0.25) is 9.59 Å². The minimum absolute atomic E-state index is 0.0332. The lowest BCUT2D eigenvalue weighted by Crippen LogP contribution is -2.38. The Hall–Kier alpha value is -1.55. The summed E-state index contributed by atoms with van der Waals surface area (Å²) in [7, 11) is 0. The van der Waals surface area contributed by atoms with Gasteiger partial charge in [0.1, 0.15) is 5.75 Å². The molecule has 0 aliphatic carbocycles. The molecule has 1 aromatic rings. The molecule has 1 heterocycles. The number of carbonyl (C=O) groups excluding carboxylic acids is 2. The van der Waals surface area contributed by atoms with Crippen LogP contribution in [-0.2, 0) is 4.79 Å². The molecule has 108 valence electrons. The normalized spacial score (nSPS) is 15.0. The van der Waals surface area contributed by atoms with Crippen molar-refractivity contribution in [1.82, 2.24) is 4.90 Å². The largest absolute Gasteiger partial charge is 0.483 e. The molecule has 0 unspecified atom stereocenters.